The van der Waals surface area contributed by atoms with Crippen molar-refractivity contribution in [2.24, 2.45) is 0 Å². The molecule has 0 spiro atoms. The van der Waals surface area contributed by atoms with Crippen LogP contribution in [0.5, 0.6) is 0 Å². The highest BCUT2D eigenvalue weighted by atomic mass is 32.2. The fourth-order valence-electron chi connectivity index (χ4n) is 1.84. The molecule has 0 atom stereocenters. The van der Waals surface area contributed by atoms with E-state index >= 15 is 0 Å². The average molecular weight is 310 g/mol. The van der Waals surface area contributed by atoms with E-state index in [1.807, 2.05) is 0 Å². The molecule has 0 amide bonds. The second kappa shape index (κ2) is 5.37. The number of nitrogens with one attached hydrogen (secondary N) is 1. The molecule has 9 nitrogen and oxygen atoms in total. The topological polar surface area (TPSA) is 112 Å². The Kier molecular flexibility index (Phi) is 3.55. The van der Waals surface area contributed by atoms with Crippen LogP contribution in [0.25, 0.3) is 5.82 Å². The van der Waals surface area contributed by atoms with Gasteiger partial charge in [-0.3, -0.25) is 4.79 Å². The molecule has 0 aromatic carbocycles. The fourth-order valence-corrected chi connectivity index (χ4v) is 3.21. The Hall–Kier alpha value is -2.07. The van der Waals surface area contributed by atoms with Gasteiger partial charge in [-0.15, -0.1) is 5.10 Å². The number of rotatable bonds is 6. The summed E-state index contributed by atoms with van der Waals surface area (Å²) in [5.41, 5.74) is -0.301. The maximum Gasteiger partial charge on any atom is 0.266 e. The van der Waals surface area contributed by atoms with Crippen LogP contribution in [0.15, 0.2) is 29.6 Å². The monoisotopic (exact) mass is 310 g/mol. The van der Waals surface area contributed by atoms with E-state index in [1.165, 1.54) is 34.2 Å². The maximum atomic E-state index is 11.7. The summed E-state index contributed by atoms with van der Waals surface area (Å²) in [5.74, 6) is 0.442. The molecule has 112 valence electrons. The zero-order chi connectivity index (χ0) is 14.9. The molecule has 1 N–H and O–H groups in total. The number of aromatic nitrogens is 5. The zero-order valence-corrected chi connectivity index (χ0v) is 11.9. The third-order valence-corrected chi connectivity index (χ3v) is 5.05. The molecule has 0 aliphatic heterocycles. The highest BCUT2D eigenvalue weighted by Gasteiger charge is 2.35. The molecule has 0 unspecified atom stereocenters. The van der Waals surface area contributed by atoms with Crippen LogP contribution in [0.4, 0.5) is 0 Å². The van der Waals surface area contributed by atoms with Crippen molar-refractivity contribution in [3.63, 3.8) is 0 Å². The number of hydrogen-bond donors (Lipinski definition) is 1. The van der Waals surface area contributed by atoms with Crippen LogP contribution in [0.2, 0.25) is 0 Å². The Morgan fingerprint density at radius 3 is 2.81 bits per heavy atom. The van der Waals surface area contributed by atoms with Gasteiger partial charge in [0.1, 0.15) is 12.7 Å². The molecule has 0 radical (unpaired) electrons. The van der Waals surface area contributed by atoms with Crippen molar-refractivity contribution >= 4 is 10.0 Å². The Balaban J connectivity index is 1.70. The van der Waals surface area contributed by atoms with Crippen molar-refractivity contribution in [3.05, 3.63) is 35.1 Å². The lowest BCUT2D eigenvalue weighted by Gasteiger charge is -2.08. The third-order valence-electron chi connectivity index (χ3n) is 3.10. The van der Waals surface area contributed by atoms with Crippen LogP contribution in [0.3, 0.4) is 0 Å². The first-order chi connectivity index (χ1) is 10.1. The van der Waals surface area contributed by atoms with Crippen molar-refractivity contribution in [2.45, 2.75) is 24.6 Å². The molecule has 2 aromatic heterocycles. The molecule has 0 saturated heterocycles. The van der Waals surface area contributed by atoms with E-state index in [9.17, 15) is 13.2 Å². The predicted molar refractivity (Wildman–Crippen MR) is 73.4 cm³/mol. The first kappa shape index (κ1) is 13.9. The summed E-state index contributed by atoms with van der Waals surface area (Å²) in [6.07, 6.45) is 4.23. The standard InChI is InChI=1S/C11H14N6O3S/c18-11-4-3-10(17-8-12-7-13-17)15-16(11)6-5-14-21(19,20)9-1-2-9/h3-4,7-9,14H,1-2,5-6H2. The molecule has 1 fully saturated rings. The molecular weight excluding hydrogens is 296 g/mol. The SMILES string of the molecule is O=c1ccc(-n2cncn2)nn1CCNS(=O)(=O)C1CC1. The van der Waals surface area contributed by atoms with Gasteiger partial charge in [0.2, 0.25) is 10.0 Å². The Labute approximate surface area is 120 Å². The van der Waals surface area contributed by atoms with E-state index in [0.717, 1.165) is 0 Å². The fraction of sp³-hybridized carbons (Fsp3) is 0.455. The van der Waals surface area contributed by atoms with Gasteiger partial charge in [0.05, 0.1) is 11.8 Å². The summed E-state index contributed by atoms with van der Waals surface area (Å²) in [7, 11) is -3.24. The van der Waals surface area contributed by atoms with Gasteiger partial charge in [-0.25, -0.2) is 27.5 Å². The summed E-state index contributed by atoms with van der Waals surface area (Å²) >= 11 is 0. The smallest absolute Gasteiger partial charge is 0.266 e. The van der Waals surface area contributed by atoms with Gasteiger partial charge in [0.25, 0.3) is 5.56 Å². The second-order valence-corrected chi connectivity index (χ2v) is 6.78. The molecule has 1 aliphatic carbocycles. The van der Waals surface area contributed by atoms with Crippen molar-refractivity contribution < 1.29 is 8.42 Å². The van der Waals surface area contributed by atoms with E-state index in [-0.39, 0.29) is 23.9 Å². The lowest BCUT2D eigenvalue weighted by molar-refractivity contribution is 0.541. The van der Waals surface area contributed by atoms with Crippen LogP contribution in [-0.2, 0) is 16.6 Å². The molecular formula is C11H14N6O3S. The lowest BCUT2D eigenvalue weighted by atomic mass is 10.5. The van der Waals surface area contributed by atoms with Gasteiger partial charge in [-0.2, -0.15) is 5.10 Å². The molecule has 2 heterocycles. The Bertz CT molecular complexity index is 779. The van der Waals surface area contributed by atoms with Gasteiger partial charge in [-0.05, 0) is 18.9 Å². The van der Waals surface area contributed by atoms with Gasteiger partial charge in [0, 0.05) is 12.6 Å². The van der Waals surface area contributed by atoms with E-state index in [1.54, 1.807) is 0 Å². The molecule has 2 aromatic rings. The Morgan fingerprint density at radius 2 is 2.14 bits per heavy atom. The molecule has 0 bridgehead atoms. The number of sulfonamides is 1. The highest BCUT2D eigenvalue weighted by molar-refractivity contribution is 7.90. The van der Waals surface area contributed by atoms with Crippen LogP contribution in [-0.4, -0.2) is 44.8 Å². The average Bonchev–Trinajstić information content (AvgIpc) is 3.18. The van der Waals surface area contributed by atoms with E-state index < -0.39 is 10.0 Å². The zero-order valence-electron chi connectivity index (χ0n) is 11.1. The quantitative estimate of drug-likeness (QED) is 0.725. The van der Waals surface area contributed by atoms with Crippen molar-refractivity contribution in [2.75, 3.05) is 6.54 Å². The molecule has 1 aliphatic rings. The number of nitrogens with zero attached hydrogens (tertiary/aromatic N) is 5. The van der Waals surface area contributed by atoms with Crippen molar-refractivity contribution in [1.29, 1.82) is 0 Å². The minimum absolute atomic E-state index is 0.131. The predicted octanol–water partition coefficient (Wildman–Crippen LogP) is -1.09. The molecule has 10 heteroatoms. The van der Waals surface area contributed by atoms with Gasteiger partial charge in [0.15, 0.2) is 5.82 Å². The minimum Gasteiger partial charge on any atom is -0.268 e. The van der Waals surface area contributed by atoms with E-state index in [2.05, 4.69) is 19.9 Å². The maximum absolute atomic E-state index is 11.7. The van der Waals surface area contributed by atoms with Crippen molar-refractivity contribution in [3.8, 4) is 5.82 Å². The summed E-state index contributed by atoms with van der Waals surface area (Å²) in [6.45, 7) is 0.292. The highest BCUT2D eigenvalue weighted by Crippen LogP contribution is 2.27. The number of hydrogen-bond acceptors (Lipinski definition) is 6. The molecule has 21 heavy (non-hydrogen) atoms. The first-order valence-electron chi connectivity index (χ1n) is 6.48. The van der Waals surface area contributed by atoms with E-state index in [0.29, 0.717) is 18.7 Å². The van der Waals surface area contributed by atoms with Crippen LogP contribution in [0.1, 0.15) is 12.8 Å². The van der Waals surface area contributed by atoms with E-state index in [4.69, 9.17) is 0 Å². The normalized spacial score (nSPS) is 15.2. The molecule has 3 rings (SSSR count). The van der Waals surface area contributed by atoms with Crippen LogP contribution >= 0.6 is 0 Å². The van der Waals surface area contributed by atoms with Crippen molar-refractivity contribution in [1.82, 2.24) is 29.3 Å². The Morgan fingerprint density at radius 1 is 1.33 bits per heavy atom. The largest absolute Gasteiger partial charge is 0.268 e. The van der Waals surface area contributed by atoms with Gasteiger partial charge in [-0.1, -0.05) is 0 Å². The summed E-state index contributed by atoms with van der Waals surface area (Å²) in [5, 5.41) is 7.77. The van der Waals surface area contributed by atoms with Gasteiger partial charge < -0.3 is 0 Å². The molecule has 1 saturated carbocycles. The van der Waals surface area contributed by atoms with Crippen LogP contribution in [0, 0.1) is 0 Å². The lowest BCUT2D eigenvalue weighted by Crippen LogP contribution is -2.33. The van der Waals surface area contributed by atoms with Gasteiger partial charge >= 0.3 is 0 Å². The summed E-state index contributed by atoms with van der Waals surface area (Å²) in [6, 6.07) is 2.89. The minimum atomic E-state index is -3.24. The summed E-state index contributed by atoms with van der Waals surface area (Å²) in [4.78, 5) is 15.5. The first-order valence-corrected chi connectivity index (χ1v) is 8.02. The van der Waals surface area contributed by atoms with Crippen LogP contribution < -0.4 is 10.3 Å². The second-order valence-electron chi connectivity index (χ2n) is 4.73. The summed E-state index contributed by atoms with van der Waals surface area (Å²) < 4.78 is 28.5. The third kappa shape index (κ3) is 3.16.